The summed E-state index contributed by atoms with van der Waals surface area (Å²) in [6.07, 6.45) is 0.438. The van der Waals surface area contributed by atoms with Gasteiger partial charge in [0.2, 0.25) is 5.78 Å². The Morgan fingerprint density at radius 2 is 2.08 bits per heavy atom. The van der Waals surface area contributed by atoms with Gasteiger partial charge in [-0.3, -0.25) is 9.36 Å². The number of hydrogen-bond donors (Lipinski definition) is 2. The molecule has 0 radical (unpaired) electrons. The van der Waals surface area contributed by atoms with Gasteiger partial charge >= 0.3 is 0 Å². The zero-order chi connectivity index (χ0) is 24.4. The minimum absolute atomic E-state index is 0.166. The highest BCUT2D eigenvalue weighted by Gasteiger charge is 2.49. The van der Waals surface area contributed by atoms with Crippen LogP contribution in [0.15, 0.2) is 68.1 Å². The van der Waals surface area contributed by atoms with Gasteiger partial charge in [-0.05, 0) is 30.3 Å². The fourth-order valence-electron chi connectivity index (χ4n) is 4.57. The van der Waals surface area contributed by atoms with Crippen LogP contribution in [-0.2, 0) is 13.8 Å². The Kier molecular flexibility index (Phi) is 5.28. The first-order valence-corrected chi connectivity index (χ1v) is 12.9. The van der Waals surface area contributed by atoms with Crippen molar-refractivity contribution in [1.29, 1.82) is 0 Å². The second kappa shape index (κ2) is 8.55. The third kappa shape index (κ3) is 3.45. The highest BCUT2D eigenvalue weighted by Crippen LogP contribution is 2.43. The molecule has 11 nitrogen and oxygen atoms in total. The molecular weight excluding hydrogens is 505 g/mol. The van der Waals surface area contributed by atoms with Gasteiger partial charge in [0.05, 0.1) is 23.5 Å². The average molecular weight is 525 g/mol. The molecule has 2 saturated heterocycles. The molecule has 184 valence electrons. The number of nitrogens with one attached hydrogen (secondary N) is 1. The minimum Gasteiger partial charge on any atom is -0.468 e. The van der Waals surface area contributed by atoms with Crippen LogP contribution in [0.1, 0.15) is 12.0 Å². The SMILES string of the molecule is Cc1occc1Sc1nc2c(=O)n3cc(-c4ccccc4)[nH]c3nc2n1C1OC2COPOC2C1O. The first kappa shape index (κ1) is 22.2. The lowest BCUT2D eigenvalue weighted by Crippen LogP contribution is -2.37. The van der Waals surface area contributed by atoms with Crippen molar-refractivity contribution in [2.24, 2.45) is 0 Å². The summed E-state index contributed by atoms with van der Waals surface area (Å²) in [6, 6.07) is 11.5. The molecule has 0 amide bonds. The van der Waals surface area contributed by atoms with Crippen LogP contribution in [0, 0.1) is 6.92 Å². The van der Waals surface area contributed by atoms with E-state index in [1.54, 1.807) is 17.0 Å². The Labute approximate surface area is 209 Å². The molecule has 6 heterocycles. The molecule has 5 unspecified atom stereocenters. The first-order valence-electron chi connectivity index (χ1n) is 11.2. The van der Waals surface area contributed by atoms with E-state index in [1.165, 1.54) is 16.2 Å². The maximum Gasteiger partial charge on any atom is 0.287 e. The number of nitrogens with zero attached hydrogens (tertiary/aromatic N) is 4. The molecule has 2 N–H and O–H groups in total. The average Bonchev–Trinajstić information content (AvgIpc) is 3.66. The van der Waals surface area contributed by atoms with Crippen LogP contribution in [0.2, 0.25) is 0 Å². The van der Waals surface area contributed by atoms with Crippen molar-refractivity contribution in [3.8, 4) is 11.3 Å². The highest BCUT2D eigenvalue weighted by atomic mass is 32.2. The number of benzene rings is 1. The molecule has 0 saturated carbocycles. The third-order valence-corrected chi connectivity index (χ3v) is 8.14. The Morgan fingerprint density at radius 3 is 2.86 bits per heavy atom. The van der Waals surface area contributed by atoms with Gasteiger partial charge in [-0.1, -0.05) is 30.3 Å². The van der Waals surface area contributed by atoms with Gasteiger partial charge in [-0.2, -0.15) is 4.98 Å². The first-order chi connectivity index (χ1) is 17.6. The number of H-pyrrole nitrogens is 1. The molecule has 4 aromatic heterocycles. The van der Waals surface area contributed by atoms with Gasteiger partial charge < -0.3 is 28.3 Å². The summed E-state index contributed by atoms with van der Waals surface area (Å²) in [7, 11) is -0.168. The lowest BCUT2D eigenvalue weighted by Gasteiger charge is -2.24. The summed E-state index contributed by atoms with van der Waals surface area (Å²) < 4.78 is 25.8. The number of rotatable bonds is 4. The maximum absolute atomic E-state index is 13.6. The van der Waals surface area contributed by atoms with Gasteiger partial charge in [0, 0.05) is 6.20 Å². The van der Waals surface area contributed by atoms with Gasteiger partial charge in [-0.25, -0.2) is 9.38 Å². The number of fused-ring (bicyclic) bond motifs is 3. The van der Waals surface area contributed by atoms with Crippen LogP contribution in [-0.4, -0.2) is 53.9 Å². The van der Waals surface area contributed by atoms with Crippen LogP contribution in [0.4, 0.5) is 0 Å². The molecule has 2 aliphatic heterocycles. The molecule has 13 heteroatoms. The molecule has 0 aliphatic carbocycles. The third-order valence-electron chi connectivity index (χ3n) is 6.37. The number of aryl methyl sites for hydroxylation is 1. The summed E-state index contributed by atoms with van der Waals surface area (Å²) in [5.41, 5.74) is 1.81. The van der Waals surface area contributed by atoms with E-state index in [-0.39, 0.29) is 20.1 Å². The number of aromatic amines is 1. The highest BCUT2D eigenvalue weighted by molar-refractivity contribution is 7.99. The summed E-state index contributed by atoms with van der Waals surface area (Å²) >= 11 is 1.31. The number of aliphatic hydroxyl groups excluding tert-OH is 1. The zero-order valence-electron chi connectivity index (χ0n) is 18.8. The molecule has 7 rings (SSSR count). The van der Waals surface area contributed by atoms with E-state index in [1.807, 2.05) is 43.3 Å². The summed E-state index contributed by atoms with van der Waals surface area (Å²) in [5, 5.41) is 11.6. The molecular formula is C23H20N5O6PS. The Balaban J connectivity index is 1.42. The Bertz CT molecular complexity index is 1650. The molecule has 2 fully saturated rings. The van der Waals surface area contributed by atoms with E-state index in [4.69, 9.17) is 23.2 Å². The van der Waals surface area contributed by atoms with Crippen molar-refractivity contribution in [1.82, 2.24) is 23.9 Å². The van der Waals surface area contributed by atoms with Crippen LogP contribution in [0.25, 0.3) is 28.2 Å². The lowest BCUT2D eigenvalue weighted by atomic mass is 10.1. The molecule has 0 bridgehead atoms. The number of aliphatic hydroxyl groups is 1. The van der Waals surface area contributed by atoms with Gasteiger partial charge in [0.1, 0.15) is 24.1 Å². The van der Waals surface area contributed by atoms with Crippen LogP contribution in [0.3, 0.4) is 0 Å². The quantitative estimate of drug-likeness (QED) is 0.340. The van der Waals surface area contributed by atoms with Gasteiger partial charge in [-0.15, -0.1) is 0 Å². The van der Waals surface area contributed by atoms with Gasteiger partial charge in [0.25, 0.3) is 5.56 Å². The zero-order valence-corrected chi connectivity index (χ0v) is 20.6. The molecule has 0 spiro atoms. The fraction of sp³-hybridized carbons (Fsp3) is 0.261. The van der Waals surface area contributed by atoms with Crippen LogP contribution in [0.5, 0.6) is 0 Å². The van der Waals surface area contributed by atoms with Crippen LogP contribution >= 0.6 is 20.8 Å². The predicted octanol–water partition coefficient (Wildman–Crippen LogP) is 3.27. The van der Waals surface area contributed by atoms with E-state index in [2.05, 4.69) is 9.97 Å². The van der Waals surface area contributed by atoms with E-state index in [0.29, 0.717) is 28.9 Å². The number of ether oxygens (including phenoxy) is 1. The standard InChI is InChI=1S/C23H20N5O6PS/c1-11-15(7-8-31-11)36-23-25-16-19(28(23)21-17(29)18-14(33-21)10-32-35-34-18)26-22-24-13(9-27(22)20(16)30)12-5-3-2-4-6-12/h2-9,14,17-18,21,29,35H,10H2,1H3,(H,24,26). The van der Waals surface area contributed by atoms with E-state index in [9.17, 15) is 9.90 Å². The van der Waals surface area contributed by atoms with Crippen molar-refractivity contribution in [3.05, 3.63) is 65.0 Å². The lowest BCUT2D eigenvalue weighted by molar-refractivity contribution is -0.0553. The monoisotopic (exact) mass is 525 g/mol. The molecule has 5 aromatic rings. The number of imidazole rings is 2. The summed E-state index contributed by atoms with van der Waals surface area (Å²) in [6.45, 7) is 2.16. The van der Waals surface area contributed by atoms with E-state index in [0.717, 1.165) is 16.2 Å². The van der Waals surface area contributed by atoms with Crippen molar-refractivity contribution in [3.63, 3.8) is 0 Å². The molecule has 1 aromatic carbocycles. The predicted molar refractivity (Wildman–Crippen MR) is 131 cm³/mol. The van der Waals surface area contributed by atoms with Crippen LogP contribution < -0.4 is 5.56 Å². The number of furan rings is 1. The number of aromatic nitrogens is 5. The van der Waals surface area contributed by atoms with Crippen molar-refractivity contribution in [2.75, 3.05) is 6.61 Å². The second-order valence-corrected chi connectivity index (χ2v) is 10.3. The summed E-state index contributed by atoms with van der Waals surface area (Å²) in [5.74, 6) is 1.07. The summed E-state index contributed by atoms with van der Waals surface area (Å²) in [4.78, 5) is 27.1. The molecule has 2 aliphatic rings. The number of hydrogen-bond acceptors (Lipinski definition) is 9. The Hall–Kier alpha value is -2.99. The minimum atomic E-state index is -1.00. The van der Waals surface area contributed by atoms with Crippen molar-refractivity contribution >= 4 is 37.7 Å². The largest absolute Gasteiger partial charge is 0.468 e. The normalized spacial score (nSPS) is 24.7. The topological polar surface area (TPSA) is 129 Å². The second-order valence-electron chi connectivity index (χ2n) is 8.56. The van der Waals surface area contributed by atoms with E-state index < -0.39 is 24.5 Å². The molecule has 5 atom stereocenters. The van der Waals surface area contributed by atoms with E-state index >= 15 is 0 Å². The smallest absolute Gasteiger partial charge is 0.287 e. The van der Waals surface area contributed by atoms with Crippen molar-refractivity contribution < 1.29 is 23.3 Å². The van der Waals surface area contributed by atoms with Crippen molar-refractivity contribution in [2.45, 2.75) is 41.5 Å². The molecule has 36 heavy (non-hydrogen) atoms. The van der Waals surface area contributed by atoms with Gasteiger partial charge in [0.15, 0.2) is 31.6 Å². The fourth-order valence-corrected chi connectivity index (χ4v) is 6.21. The Morgan fingerprint density at radius 1 is 1.22 bits per heavy atom. The maximum atomic E-state index is 13.6.